The minimum Gasteiger partial charge on any atom is -0.507 e. The van der Waals surface area contributed by atoms with E-state index in [0.717, 1.165) is 0 Å². The van der Waals surface area contributed by atoms with Gasteiger partial charge in [-0.05, 0) is 44.2 Å². The van der Waals surface area contributed by atoms with Gasteiger partial charge in [0, 0.05) is 12.5 Å². The third-order valence-electron chi connectivity index (χ3n) is 4.18. The van der Waals surface area contributed by atoms with E-state index >= 15 is 0 Å². The topological polar surface area (TPSA) is 93.1 Å². The molecule has 0 spiro atoms. The molecule has 0 bridgehead atoms. The number of fused-ring (bicyclic) bond motifs is 1. The van der Waals surface area contributed by atoms with Gasteiger partial charge in [-0.3, -0.25) is 4.79 Å². The van der Waals surface area contributed by atoms with E-state index < -0.39 is 18.2 Å². The molecule has 0 unspecified atom stereocenters. The molecule has 0 saturated heterocycles. The van der Waals surface area contributed by atoms with Crippen LogP contribution in [0, 0.1) is 0 Å². The zero-order valence-corrected chi connectivity index (χ0v) is 14.5. The van der Waals surface area contributed by atoms with Gasteiger partial charge < -0.3 is 19.7 Å². The monoisotopic (exact) mass is 348 g/mol. The van der Waals surface area contributed by atoms with Crippen LogP contribution in [0.5, 0.6) is 11.5 Å². The first-order chi connectivity index (χ1) is 11.9. The standard InChI is InChI=1S/C19H24O6/c1-12-6-5-9-16(21)15(20)8-4-3-7-13-10-14(24-2)11-17(22)18(13)19(23)25-12/h3,7,10-12,16,21-22H,4-6,8-9H2,1-2H3/b7-3+/t12-,16+/m0/s1. The molecule has 1 aliphatic heterocycles. The first-order valence-electron chi connectivity index (χ1n) is 8.41. The molecule has 0 aromatic heterocycles. The van der Waals surface area contributed by atoms with Gasteiger partial charge >= 0.3 is 5.97 Å². The quantitative estimate of drug-likeness (QED) is 0.758. The zero-order chi connectivity index (χ0) is 18.4. The molecule has 2 rings (SSSR count). The zero-order valence-electron chi connectivity index (χ0n) is 14.5. The number of hydrogen-bond acceptors (Lipinski definition) is 6. The number of aliphatic hydroxyl groups is 1. The highest BCUT2D eigenvalue weighted by atomic mass is 16.5. The number of carbonyl (C=O) groups excluding carboxylic acids is 2. The Kier molecular flexibility index (Phi) is 6.58. The summed E-state index contributed by atoms with van der Waals surface area (Å²) in [7, 11) is 1.47. The summed E-state index contributed by atoms with van der Waals surface area (Å²) in [5.74, 6) is -0.606. The lowest BCUT2D eigenvalue weighted by molar-refractivity contribution is -0.127. The van der Waals surface area contributed by atoms with Crippen molar-refractivity contribution in [2.45, 2.75) is 51.2 Å². The number of carbonyl (C=O) groups is 2. The van der Waals surface area contributed by atoms with E-state index in [1.807, 2.05) is 0 Å². The summed E-state index contributed by atoms with van der Waals surface area (Å²) in [6.07, 6.45) is 4.11. The molecule has 6 nitrogen and oxygen atoms in total. The molecule has 1 aliphatic rings. The largest absolute Gasteiger partial charge is 0.507 e. The first kappa shape index (κ1) is 19.0. The fourth-order valence-electron chi connectivity index (χ4n) is 2.76. The number of aromatic hydroxyl groups is 1. The van der Waals surface area contributed by atoms with E-state index in [0.29, 0.717) is 37.0 Å². The number of esters is 1. The van der Waals surface area contributed by atoms with Gasteiger partial charge in [-0.25, -0.2) is 4.79 Å². The number of phenolic OH excluding ortho intramolecular Hbond substituents is 1. The van der Waals surface area contributed by atoms with E-state index in [9.17, 15) is 19.8 Å². The van der Waals surface area contributed by atoms with Gasteiger partial charge in [-0.1, -0.05) is 12.2 Å². The van der Waals surface area contributed by atoms with Crippen LogP contribution in [0.25, 0.3) is 6.08 Å². The smallest absolute Gasteiger partial charge is 0.342 e. The Hall–Kier alpha value is -2.34. The van der Waals surface area contributed by atoms with Crippen molar-refractivity contribution < 1.29 is 29.3 Å². The number of ketones is 1. The molecule has 0 saturated carbocycles. The fourth-order valence-corrected chi connectivity index (χ4v) is 2.76. The van der Waals surface area contributed by atoms with Gasteiger partial charge in [-0.15, -0.1) is 0 Å². The summed E-state index contributed by atoms with van der Waals surface area (Å²) in [4.78, 5) is 24.4. The third kappa shape index (κ3) is 5.06. The average Bonchev–Trinajstić information content (AvgIpc) is 2.56. The minimum atomic E-state index is -0.976. The lowest BCUT2D eigenvalue weighted by Crippen LogP contribution is -2.21. The fraction of sp³-hybridized carbons (Fsp3) is 0.474. The van der Waals surface area contributed by atoms with Crippen molar-refractivity contribution in [3.8, 4) is 11.5 Å². The predicted octanol–water partition coefficient (Wildman–Crippen LogP) is 2.85. The molecule has 0 fully saturated rings. The molecule has 2 atom stereocenters. The Labute approximate surface area is 147 Å². The van der Waals surface area contributed by atoms with Crippen LogP contribution in [0.15, 0.2) is 18.2 Å². The maximum Gasteiger partial charge on any atom is 0.342 e. The molecular weight excluding hydrogens is 324 g/mol. The van der Waals surface area contributed by atoms with Crippen molar-refractivity contribution in [2.24, 2.45) is 0 Å². The van der Waals surface area contributed by atoms with Crippen molar-refractivity contribution in [2.75, 3.05) is 7.11 Å². The molecule has 136 valence electrons. The van der Waals surface area contributed by atoms with Gasteiger partial charge in [0.25, 0.3) is 0 Å². The minimum absolute atomic E-state index is 0.0762. The summed E-state index contributed by atoms with van der Waals surface area (Å²) in [6, 6.07) is 2.99. The maximum atomic E-state index is 12.5. The molecule has 0 amide bonds. The van der Waals surface area contributed by atoms with Crippen LogP contribution in [-0.4, -0.2) is 41.3 Å². The van der Waals surface area contributed by atoms with Crippen LogP contribution < -0.4 is 4.74 Å². The normalized spacial score (nSPS) is 24.0. The number of hydrogen-bond donors (Lipinski definition) is 2. The first-order valence-corrected chi connectivity index (χ1v) is 8.41. The van der Waals surface area contributed by atoms with Crippen LogP contribution in [0.2, 0.25) is 0 Å². The number of phenols is 1. The Morgan fingerprint density at radius 2 is 2.00 bits per heavy atom. The number of allylic oxidation sites excluding steroid dienone is 1. The summed E-state index contributed by atoms with van der Waals surface area (Å²) in [5.41, 5.74) is 0.534. The lowest BCUT2D eigenvalue weighted by Gasteiger charge is -2.17. The number of aliphatic hydroxyl groups excluding tert-OH is 1. The van der Waals surface area contributed by atoms with Crippen LogP contribution in [0.1, 0.15) is 54.9 Å². The third-order valence-corrected chi connectivity index (χ3v) is 4.18. The van der Waals surface area contributed by atoms with E-state index in [-0.39, 0.29) is 23.5 Å². The molecule has 6 heteroatoms. The van der Waals surface area contributed by atoms with E-state index in [2.05, 4.69) is 0 Å². The van der Waals surface area contributed by atoms with Crippen molar-refractivity contribution in [3.05, 3.63) is 29.3 Å². The van der Waals surface area contributed by atoms with E-state index in [1.54, 1.807) is 25.1 Å². The molecule has 25 heavy (non-hydrogen) atoms. The molecular formula is C19H24O6. The number of ether oxygens (including phenoxy) is 2. The van der Waals surface area contributed by atoms with E-state index in [4.69, 9.17) is 9.47 Å². The van der Waals surface area contributed by atoms with Crippen molar-refractivity contribution in [3.63, 3.8) is 0 Å². The van der Waals surface area contributed by atoms with Crippen molar-refractivity contribution >= 4 is 17.8 Å². The number of benzene rings is 1. The van der Waals surface area contributed by atoms with Crippen molar-refractivity contribution in [1.82, 2.24) is 0 Å². The van der Waals surface area contributed by atoms with Gasteiger partial charge in [0.15, 0.2) is 5.78 Å². The maximum absolute atomic E-state index is 12.5. The van der Waals surface area contributed by atoms with Gasteiger partial charge in [0.05, 0.1) is 13.2 Å². The lowest BCUT2D eigenvalue weighted by atomic mass is 10.0. The molecule has 0 aliphatic carbocycles. The number of methoxy groups -OCH3 is 1. The Bertz CT molecular complexity index is 664. The van der Waals surface area contributed by atoms with Crippen LogP contribution >= 0.6 is 0 Å². The Morgan fingerprint density at radius 1 is 1.24 bits per heavy atom. The molecule has 1 heterocycles. The number of cyclic esters (lactones) is 1. The van der Waals surface area contributed by atoms with Crippen LogP contribution in [0.3, 0.4) is 0 Å². The van der Waals surface area contributed by atoms with E-state index in [1.165, 1.54) is 13.2 Å². The second-order valence-corrected chi connectivity index (χ2v) is 6.18. The summed E-state index contributed by atoms with van der Waals surface area (Å²) >= 11 is 0. The van der Waals surface area contributed by atoms with Crippen LogP contribution in [-0.2, 0) is 9.53 Å². The Morgan fingerprint density at radius 3 is 2.72 bits per heavy atom. The van der Waals surface area contributed by atoms with Crippen LogP contribution in [0.4, 0.5) is 0 Å². The number of rotatable bonds is 1. The molecule has 1 aromatic carbocycles. The predicted molar refractivity (Wildman–Crippen MR) is 92.7 cm³/mol. The summed E-state index contributed by atoms with van der Waals surface area (Å²) in [6.45, 7) is 1.74. The molecule has 2 N–H and O–H groups in total. The second kappa shape index (κ2) is 8.67. The molecule has 0 radical (unpaired) electrons. The highest BCUT2D eigenvalue weighted by Crippen LogP contribution is 2.30. The molecule has 1 aromatic rings. The second-order valence-electron chi connectivity index (χ2n) is 6.18. The van der Waals surface area contributed by atoms with Crippen molar-refractivity contribution in [1.29, 1.82) is 0 Å². The highest BCUT2D eigenvalue weighted by molar-refractivity contribution is 5.97. The highest BCUT2D eigenvalue weighted by Gasteiger charge is 2.22. The summed E-state index contributed by atoms with van der Waals surface area (Å²) < 4.78 is 10.5. The Balaban J connectivity index is 2.36. The number of Topliss-reactive ketones (excluding diaryl/α,β-unsaturated/α-hetero) is 1. The SMILES string of the molecule is COc1cc(O)c2c(c1)/C=C/CCC(=O)[C@H](O)CCC[C@H](C)OC2=O. The van der Waals surface area contributed by atoms with Gasteiger partial charge in [0.2, 0.25) is 0 Å². The van der Waals surface area contributed by atoms with Gasteiger partial charge in [-0.2, -0.15) is 0 Å². The average molecular weight is 348 g/mol. The van der Waals surface area contributed by atoms with Gasteiger partial charge in [0.1, 0.15) is 23.2 Å². The summed E-state index contributed by atoms with van der Waals surface area (Å²) in [5, 5.41) is 20.1.